The summed E-state index contributed by atoms with van der Waals surface area (Å²) < 4.78 is 7.30. The number of nitrogens with two attached hydrogens (primary N) is 1. The normalized spacial score (nSPS) is 15.1. The van der Waals surface area contributed by atoms with Crippen LogP contribution >= 0.6 is 24.0 Å². The average molecular weight is 512 g/mol. The first-order chi connectivity index (χ1) is 13.7. The number of aliphatic imine (C=N–C) groups is 1. The lowest BCUT2D eigenvalue weighted by atomic mass is 10.1. The van der Waals surface area contributed by atoms with Crippen molar-refractivity contribution in [2.24, 2.45) is 10.7 Å². The second-order valence-electron chi connectivity index (χ2n) is 7.12. The zero-order valence-corrected chi connectivity index (χ0v) is 19.5. The van der Waals surface area contributed by atoms with Crippen molar-refractivity contribution in [1.29, 1.82) is 0 Å². The van der Waals surface area contributed by atoms with E-state index in [1.165, 1.54) is 5.56 Å². The Bertz CT molecular complexity index is 743. The second-order valence-corrected chi connectivity index (χ2v) is 7.12. The van der Waals surface area contributed by atoms with Gasteiger partial charge in [-0.25, -0.2) is 4.68 Å². The molecule has 1 fully saturated rings. The standard InChI is InChI=1S/C21H32N6O.HI/c1-18-19(17-27(25-18)20-8-3-2-4-9-20)7-5-10-23-21(22)24-11-6-12-26-13-15-28-16-14-26;/h2-4,8-9,17H,5-7,10-16H2,1H3,(H3,22,23,24);1H. The van der Waals surface area contributed by atoms with E-state index in [0.29, 0.717) is 5.96 Å². The van der Waals surface area contributed by atoms with E-state index in [-0.39, 0.29) is 24.0 Å². The molecule has 160 valence electrons. The number of hydrogen-bond acceptors (Lipinski definition) is 4. The molecule has 0 saturated carbocycles. The van der Waals surface area contributed by atoms with Crippen molar-refractivity contribution in [3.8, 4) is 5.69 Å². The van der Waals surface area contributed by atoms with Gasteiger partial charge in [-0.2, -0.15) is 5.10 Å². The second kappa shape index (κ2) is 12.8. The number of hydrogen-bond donors (Lipinski definition) is 2. The summed E-state index contributed by atoms with van der Waals surface area (Å²) in [6, 6.07) is 10.2. The molecule has 1 aliphatic heterocycles. The summed E-state index contributed by atoms with van der Waals surface area (Å²) in [6.07, 6.45) is 5.08. The summed E-state index contributed by atoms with van der Waals surface area (Å²) in [6.45, 7) is 8.47. The van der Waals surface area contributed by atoms with Crippen molar-refractivity contribution >= 4 is 29.9 Å². The summed E-state index contributed by atoms with van der Waals surface area (Å²) in [4.78, 5) is 6.87. The van der Waals surface area contributed by atoms with Crippen LogP contribution in [-0.4, -0.2) is 66.6 Å². The number of guanidine groups is 1. The number of ether oxygens (including phenoxy) is 1. The molecule has 2 heterocycles. The molecule has 3 rings (SSSR count). The highest BCUT2D eigenvalue weighted by atomic mass is 127. The summed E-state index contributed by atoms with van der Waals surface area (Å²) in [5, 5.41) is 7.83. The Kier molecular flexibility index (Phi) is 10.4. The molecule has 1 aromatic carbocycles. The number of benzene rings is 1. The van der Waals surface area contributed by atoms with Gasteiger partial charge >= 0.3 is 0 Å². The fraction of sp³-hybridized carbons (Fsp3) is 0.524. The Hall–Kier alpha value is -1.65. The first-order valence-electron chi connectivity index (χ1n) is 10.2. The minimum atomic E-state index is 0. The minimum Gasteiger partial charge on any atom is -0.379 e. The zero-order valence-electron chi connectivity index (χ0n) is 17.2. The monoisotopic (exact) mass is 512 g/mol. The van der Waals surface area contributed by atoms with Crippen molar-refractivity contribution < 1.29 is 4.74 Å². The van der Waals surface area contributed by atoms with Crippen LogP contribution in [0.5, 0.6) is 0 Å². The third-order valence-electron chi connectivity index (χ3n) is 4.97. The Morgan fingerprint density at radius 3 is 2.72 bits per heavy atom. The van der Waals surface area contributed by atoms with Gasteiger partial charge in [0.15, 0.2) is 5.96 Å². The molecule has 2 aromatic rings. The van der Waals surface area contributed by atoms with Crippen LogP contribution in [0.4, 0.5) is 0 Å². The van der Waals surface area contributed by atoms with Crippen molar-refractivity contribution in [2.75, 3.05) is 45.9 Å². The predicted octanol–water partition coefficient (Wildman–Crippen LogP) is 2.36. The predicted molar refractivity (Wildman–Crippen MR) is 128 cm³/mol. The number of rotatable bonds is 9. The molecule has 0 unspecified atom stereocenters. The van der Waals surface area contributed by atoms with Crippen LogP contribution in [0.1, 0.15) is 24.1 Å². The lowest BCUT2D eigenvalue weighted by Crippen LogP contribution is -2.39. The minimum absolute atomic E-state index is 0. The van der Waals surface area contributed by atoms with E-state index >= 15 is 0 Å². The number of para-hydroxylation sites is 1. The van der Waals surface area contributed by atoms with E-state index in [1.807, 2.05) is 22.9 Å². The van der Waals surface area contributed by atoms with Crippen LogP contribution < -0.4 is 11.1 Å². The molecule has 0 aliphatic carbocycles. The molecule has 3 N–H and O–H groups in total. The third kappa shape index (κ3) is 7.94. The van der Waals surface area contributed by atoms with Gasteiger partial charge in [-0.1, -0.05) is 18.2 Å². The van der Waals surface area contributed by atoms with Crippen molar-refractivity contribution in [3.63, 3.8) is 0 Å². The SMILES string of the molecule is Cc1nn(-c2ccccc2)cc1CCCN=C(N)NCCCN1CCOCC1.I. The number of aryl methyl sites for hydroxylation is 2. The molecule has 0 spiro atoms. The first kappa shape index (κ1) is 23.6. The van der Waals surface area contributed by atoms with Crippen molar-refractivity contribution in [2.45, 2.75) is 26.2 Å². The van der Waals surface area contributed by atoms with E-state index < -0.39 is 0 Å². The fourth-order valence-electron chi connectivity index (χ4n) is 3.32. The largest absolute Gasteiger partial charge is 0.379 e. The molecule has 0 radical (unpaired) electrons. The van der Waals surface area contributed by atoms with Gasteiger partial charge in [0.05, 0.1) is 24.6 Å². The van der Waals surface area contributed by atoms with Crippen LogP contribution in [0.3, 0.4) is 0 Å². The quantitative estimate of drug-likeness (QED) is 0.234. The van der Waals surface area contributed by atoms with Gasteiger partial charge < -0.3 is 15.8 Å². The molecule has 0 amide bonds. The molecule has 0 bridgehead atoms. The number of aromatic nitrogens is 2. The van der Waals surface area contributed by atoms with Crippen LogP contribution in [0.25, 0.3) is 5.69 Å². The Morgan fingerprint density at radius 2 is 1.97 bits per heavy atom. The molecular formula is C21H33IN6O. The highest BCUT2D eigenvalue weighted by Gasteiger charge is 2.09. The van der Waals surface area contributed by atoms with Crippen molar-refractivity contribution in [1.82, 2.24) is 20.0 Å². The van der Waals surface area contributed by atoms with Crippen LogP contribution in [-0.2, 0) is 11.2 Å². The maximum absolute atomic E-state index is 5.97. The molecule has 8 heteroatoms. The lowest BCUT2D eigenvalue weighted by Gasteiger charge is -2.26. The molecule has 1 saturated heterocycles. The molecule has 29 heavy (non-hydrogen) atoms. The van der Waals surface area contributed by atoms with Gasteiger partial charge in [0.25, 0.3) is 0 Å². The number of morpholine rings is 1. The van der Waals surface area contributed by atoms with Gasteiger partial charge in [0, 0.05) is 32.4 Å². The summed E-state index contributed by atoms with van der Waals surface area (Å²) >= 11 is 0. The molecule has 1 aliphatic rings. The van der Waals surface area contributed by atoms with E-state index in [0.717, 1.165) is 76.6 Å². The number of nitrogens with one attached hydrogen (secondary N) is 1. The third-order valence-corrected chi connectivity index (χ3v) is 4.97. The maximum Gasteiger partial charge on any atom is 0.188 e. The summed E-state index contributed by atoms with van der Waals surface area (Å²) in [7, 11) is 0. The first-order valence-corrected chi connectivity index (χ1v) is 10.2. The van der Waals surface area contributed by atoms with E-state index in [1.54, 1.807) is 0 Å². The fourth-order valence-corrected chi connectivity index (χ4v) is 3.32. The Labute approximate surface area is 190 Å². The summed E-state index contributed by atoms with van der Waals surface area (Å²) in [5.74, 6) is 0.540. The Balaban J connectivity index is 0.00000300. The highest BCUT2D eigenvalue weighted by Crippen LogP contribution is 2.13. The molecular weight excluding hydrogens is 479 g/mol. The van der Waals surface area contributed by atoms with E-state index in [2.05, 4.69) is 45.6 Å². The molecule has 7 nitrogen and oxygen atoms in total. The smallest absolute Gasteiger partial charge is 0.188 e. The van der Waals surface area contributed by atoms with Crippen LogP contribution in [0.15, 0.2) is 41.5 Å². The van der Waals surface area contributed by atoms with Gasteiger partial charge in [-0.15, -0.1) is 24.0 Å². The topological polar surface area (TPSA) is 80.7 Å². The molecule has 1 aromatic heterocycles. The maximum atomic E-state index is 5.97. The van der Waals surface area contributed by atoms with Crippen molar-refractivity contribution in [3.05, 3.63) is 47.8 Å². The number of nitrogens with zero attached hydrogens (tertiary/aromatic N) is 4. The average Bonchev–Trinajstić information content (AvgIpc) is 3.11. The van der Waals surface area contributed by atoms with E-state index in [4.69, 9.17) is 10.5 Å². The van der Waals surface area contributed by atoms with Crippen LogP contribution in [0.2, 0.25) is 0 Å². The van der Waals surface area contributed by atoms with E-state index in [9.17, 15) is 0 Å². The number of halogens is 1. The van der Waals surface area contributed by atoms with Gasteiger partial charge in [-0.05, 0) is 50.4 Å². The zero-order chi connectivity index (χ0) is 19.6. The van der Waals surface area contributed by atoms with Gasteiger partial charge in [0.2, 0.25) is 0 Å². The van der Waals surface area contributed by atoms with Crippen LogP contribution in [0, 0.1) is 6.92 Å². The lowest BCUT2D eigenvalue weighted by molar-refractivity contribution is 0.0376. The summed E-state index contributed by atoms with van der Waals surface area (Å²) in [5.41, 5.74) is 9.39. The van der Waals surface area contributed by atoms with Gasteiger partial charge in [-0.3, -0.25) is 9.89 Å². The highest BCUT2D eigenvalue weighted by molar-refractivity contribution is 14.0. The molecule has 0 atom stereocenters. The van der Waals surface area contributed by atoms with Gasteiger partial charge in [0.1, 0.15) is 0 Å². The Morgan fingerprint density at radius 1 is 1.21 bits per heavy atom.